The highest BCUT2D eigenvalue weighted by Gasteiger charge is 2.29. The number of halogens is 1. The maximum absolute atomic E-state index is 13.0. The number of hydrogen-bond acceptors (Lipinski definition) is 4. The second-order valence-electron chi connectivity index (χ2n) is 7.88. The topological polar surface area (TPSA) is 18.5 Å². The van der Waals surface area contributed by atoms with Crippen molar-refractivity contribution in [3.8, 4) is 0 Å². The van der Waals surface area contributed by atoms with Crippen LogP contribution in [-0.2, 0) is 19.4 Å². The molecule has 2 heterocycles. The SMILES string of the molecule is CSNCc1ccc2c(c1)N(C1CCN(CCc3ccc(F)cc3)CC1)CC2. The first-order valence-electron chi connectivity index (χ1n) is 10.3. The van der Waals surface area contributed by atoms with Crippen molar-refractivity contribution < 1.29 is 4.39 Å². The van der Waals surface area contributed by atoms with Crippen LogP contribution in [0, 0.1) is 5.82 Å². The summed E-state index contributed by atoms with van der Waals surface area (Å²) in [5, 5.41) is 0. The van der Waals surface area contributed by atoms with E-state index >= 15 is 0 Å². The van der Waals surface area contributed by atoms with Crippen molar-refractivity contribution in [2.24, 2.45) is 0 Å². The van der Waals surface area contributed by atoms with Gasteiger partial charge in [0, 0.05) is 44.5 Å². The molecule has 2 aliphatic rings. The summed E-state index contributed by atoms with van der Waals surface area (Å²) in [6, 6.07) is 14.6. The number of anilines is 1. The molecule has 0 aromatic heterocycles. The van der Waals surface area contributed by atoms with Gasteiger partial charge in [-0.2, -0.15) is 0 Å². The van der Waals surface area contributed by atoms with Crippen molar-refractivity contribution in [2.75, 3.05) is 37.3 Å². The molecular weight excluding hydrogens is 369 g/mol. The van der Waals surface area contributed by atoms with Gasteiger partial charge < -0.3 is 9.80 Å². The summed E-state index contributed by atoms with van der Waals surface area (Å²) in [7, 11) is 0. The first kappa shape index (κ1) is 19.7. The molecule has 2 aromatic rings. The summed E-state index contributed by atoms with van der Waals surface area (Å²) < 4.78 is 16.4. The van der Waals surface area contributed by atoms with Crippen LogP contribution >= 0.6 is 11.9 Å². The highest BCUT2D eigenvalue weighted by atomic mass is 32.2. The van der Waals surface area contributed by atoms with Gasteiger partial charge in [-0.05, 0) is 66.8 Å². The van der Waals surface area contributed by atoms with E-state index in [0.29, 0.717) is 6.04 Å². The number of likely N-dealkylation sites (tertiary alicyclic amines) is 1. The van der Waals surface area contributed by atoms with Crippen molar-refractivity contribution in [1.29, 1.82) is 0 Å². The van der Waals surface area contributed by atoms with Crippen LogP contribution in [0.4, 0.5) is 10.1 Å². The average Bonchev–Trinajstić information content (AvgIpc) is 3.15. The number of fused-ring (bicyclic) bond motifs is 1. The summed E-state index contributed by atoms with van der Waals surface area (Å²) in [6.45, 7) is 5.47. The lowest BCUT2D eigenvalue weighted by Crippen LogP contribution is -2.45. The monoisotopic (exact) mass is 399 g/mol. The molecule has 3 nitrogen and oxygen atoms in total. The zero-order chi connectivity index (χ0) is 19.3. The fourth-order valence-electron chi connectivity index (χ4n) is 4.49. The predicted octanol–water partition coefficient (Wildman–Crippen LogP) is 4.26. The molecule has 0 bridgehead atoms. The molecule has 5 heteroatoms. The Balaban J connectivity index is 1.30. The summed E-state index contributed by atoms with van der Waals surface area (Å²) >= 11 is 1.67. The first-order chi connectivity index (χ1) is 13.7. The van der Waals surface area contributed by atoms with Crippen molar-refractivity contribution in [3.05, 3.63) is 65.0 Å². The molecule has 2 aliphatic heterocycles. The summed E-state index contributed by atoms with van der Waals surface area (Å²) in [4.78, 5) is 5.23. The minimum absolute atomic E-state index is 0.150. The Hall–Kier alpha value is -1.56. The van der Waals surface area contributed by atoms with E-state index in [1.807, 2.05) is 12.1 Å². The molecule has 2 aromatic carbocycles. The van der Waals surface area contributed by atoms with Crippen LogP contribution < -0.4 is 9.62 Å². The maximum atomic E-state index is 13.0. The summed E-state index contributed by atoms with van der Waals surface area (Å²) in [6.07, 6.45) is 6.72. The summed E-state index contributed by atoms with van der Waals surface area (Å²) in [5.41, 5.74) is 5.57. The lowest BCUT2D eigenvalue weighted by molar-refractivity contribution is 0.212. The third-order valence-corrected chi connectivity index (χ3v) is 6.56. The lowest BCUT2D eigenvalue weighted by atomic mass is 10.0. The molecule has 0 saturated carbocycles. The molecule has 28 heavy (non-hydrogen) atoms. The Kier molecular flexibility index (Phi) is 6.55. The molecule has 0 amide bonds. The third-order valence-electron chi connectivity index (χ3n) is 6.13. The number of benzene rings is 2. The first-order valence-corrected chi connectivity index (χ1v) is 11.6. The Bertz CT molecular complexity index is 772. The predicted molar refractivity (Wildman–Crippen MR) is 117 cm³/mol. The van der Waals surface area contributed by atoms with Gasteiger partial charge >= 0.3 is 0 Å². The smallest absolute Gasteiger partial charge is 0.123 e. The Morgan fingerprint density at radius 3 is 2.54 bits per heavy atom. The highest BCUT2D eigenvalue weighted by molar-refractivity contribution is 7.96. The maximum Gasteiger partial charge on any atom is 0.123 e. The van der Waals surface area contributed by atoms with E-state index in [1.54, 1.807) is 24.1 Å². The Morgan fingerprint density at radius 1 is 1.04 bits per heavy atom. The van der Waals surface area contributed by atoms with Crippen LogP contribution in [0.5, 0.6) is 0 Å². The van der Waals surface area contributed by atoms with Crippen LogP contribution in [0.25, 0.3) is 0 Å². The van der Waals surface area contributed by atoms with Gasteiger partial charge in [-0.1, -0.05) is 36.2 Å². The minimum Gasteiger partial charge on any atom is -0.368 e. The normalized spacial score (nSPS) is 17.9. The average molecular weight is 400 g/mol. The van der Waals surface area contributed by atoms with Gasteiger partial charge in [-0.3, -0.25) is 4.72 Å². The second-order valence-corrected chi connectivity index (χ2v) is 8.58. The molecule has 4 rings (SSSR count). The standard InChI is InChI=1S/C23H30FN3S/c1-28-25-17-19-2-5-20-9-15-27(23(20)16-19)22-10-13-26(14-11-22)12-8-18-3-6-21(24)7-4-18/h2-7,16,22,25H,8-15,17H2,1H3. The van der Waals surface area contributed by atoms with Gasteiger partial charge in [0.05, 0.1) is 0 Å². The fraction of sp³-hybridized carbons (Fsp3) is 0.478. The van der Waals surface area contributed by atoms with Crippen LogP contribution in [0.1, 0.15) is 29.5 Å². The number of hydrogen-bond donors (Lipinski definition) is 1. The molecule has 150 valence electrons. The Labute approximate surface area is 172 Å². The fourth-order valence-corrected chi connectivity index (χ4v) is 4.80. The van der Waals surface area contributed by atoms with Crippen molar-refractivity contribution >= 4 is 17.6 Å². The highest BCUT2D eigenvalue weighted by Crippen LogP contribution is 2.33. The molecule has 0 aliphatic carbocycles. The molecule has 1 saturated heterocycles. The summed E-state index contributed by atoms with van der Waals surface area (Å²) in [5.74, 6) is -0.150. The van der Waals surface area contributed by atoms with E-state index in [-0.39, 0.29) is 5.82 Å². The van der Waals surface area contributed by atoms with Crippen LogP contribution in [0.2, 0.25) is 0 Å². The third kappa shape index (κ3) is 4.70. The van der Waals surface area contributed by atoms with Gasteiger partial charge in [-0.25, -0.2) is 4.39 Å². The number of nitrogens with zero attached hydrogens (tertiary/aromatic N) is 2. The lowest BCUT2D eigenvalue weighted by Gasteiger charge is -2.38. The van der Waals surface area contributed by atoms with E-state index < -0.39 is 0 Å². The molecule has 0 spiro atoms. The Morgan fingerprint density at radius 2 is 1.79 bits per heavy atom. The minimum atomic E-state index is -0.150. The molecule has 1 N–H and O–H groups in total. The van der Waals surface area contributed by atoms with Gasteiger partial charge in [-0.15, -0.1) is 0 Å². The van der Waals surface area contributed by atoms with E-state index in [9.17, 15) is 4.39 Å². The number of rotatable bonds is 7. The largest absolute Gasteiger partial charge is 0.368 e. The molecule has 0 unspecified atom stereocenters. The van der Waals surface area contributed by atoms with E-state index in [2.05, 4.69) is 39.0 Å². The van der Waals surface area contributed by atoms with Crippen LogP contribution in [0.15, 0.2) is 42.5 Å². The zero-order valence-corrected chi connectivity index (χ0v) is 17.5. The molecule has 0 atom stereocenters. The van der Waals surface area contributed by atoms with Gasteiger partial charge in [0.1, 0.15) is 5.82 Å². The van der Waals surface area contributed by atoms with Crippen LogP contribution in [0.3, 0.4) is 0 Å². The molecule has 0 radical (unpaired) electrons. The van der Waals surface area contributed by atoms with Crippen LogP contribution in [-0.4, -0.2) is 43.4 Å². The van der Waals surface area contributed by atoms with Gasteiger partial charge in [0.2, 0.25) is 0 Å². The molecule has 1 fully saturated rings. The second kappa shape index (κ2) is 9.29. The molecular formula is C23H30FN3S. The van der Waals surface area contributed by atoms with Crippen molar-refractivity contribution in [1.82, 2.24) is 9.62 Å². The van der Waals surface area contributed by atoms with E-state index in [0.717, 1.165) is 39.1 Å². The van der Waals surface area contributed by atoms with E-state index in [1.165, 1.54) is 41.6 Å². The van der Waals surface area contributed by atoms with Crippen molar-refractivity contribution in [2.45, 2.75) is 38.3 Å². The van der Waals surface area contributed by atoms with Gasteiger partial charge in [0.15, 0.2) is 0 Å². The zero-order valence-electron chi connectivity index (χ0n) is 16.7. The van der Waals surface area contributed by atoms with Crippen molar-refractivity contribution in [3.63, 3.8) is 0 Å². The number of nitrogens with one attached hydrogen (secondary N) is 1. The van der Waals surface area contributed by atoms with Gasteiger partial charge in [0.25, 0.3) is 0 Å². The van der Waals surface area contributed by atoms with E-state index in [4.69, 9.17) is 0 Å². The number of piperidine rings is 1. The quantitative estimate of drug-likeness (QED) is 0.701.